The zero-order valence-corrected chi connectivity index (χ0v) is 50.0. The van der Waals surface area contributed by atoms with E-state index in [-0.39, 0.29) is 55.3 Å². The Morgan fingerprint density at radius 2 is 0.827 bits per heavy atom. The van der Waals surface area contributed by atoms with Gasteiger partial charge in [-0.15, -0.1) is 17.1 Å². The molecule has 0 unspecified atom stereocenters. The average Bonchev–Trinajstić information content (AvgIpc) is 4.13. The Balaban J connectivity index is 0.00000747. The molecule has 391 valence electrons. The Hall–Kier alpha value is -5.72. The van der Waals surface area contributed by atoms with Gasteiger partial charge >= 0.3 is 17.1 Å². The first kappa shape index (κ1) is 55.5. The monoisotopic (exact) mass is 1110 g/mol. The fourth-order valence-corrected chi connectivity index (χ4v) is 10.2. The summed E-state index contributed by atoms with van der Waals surface area (Å²) in [5.41, 5.74) is 17.8. The minimum Gasteiger partial charge on any atom is -0.657 e. The molecule has 9 rings (SSSR count). The van der Waals surface area contributed by atoms with E-state index in [1.165, 1.54) is 33.4 Å². The number of rotatable bonds is 4. The maximum atomic E-state index is 15.4. The summed E-state index contributed by atoms with van der Waals surface area (Å²) in [6.07, 6.45) is 5.95. The topological polar surface area (TPSA) is 73.4 Å². The third-order valence-electron chi connectivity index (χ3n) is 14.7. The molecule has 7 heteroatoms. The number of hydrogen-bond donors (Lipinski definition) is 1. The predicted octanol–water partition coefficient (Wildman–Crippen LogP) is 16.0. The number of aromatic amines is 1. The quantitative estimate of drug-likeness (QED) is 0.179. The molecule has 8 bridgehead atoms. The van der Waals surface area contributed by atoms with Gasteiger partial charge in [-0.2, -0.15) is 0 Å². The standard InChI is InChI=1S/C68H76BrN4O.Cu/c1-63(2,3)43-29-40(30-44(35-43)64(4,5)6)59-52-25-23-50(70-52)58(39-19-21-49(69)22-20-39)51-24-26-54(71-51)60(41-31-45(65(7,8)9)36-46(32-41)66(10,11)12)56-38-57(74)62(73-56)61(55-28-27-53(59)72-55)42-33-47(67(13,14)15)37-48(34-42)68(16,17)18;/h19-38H,1-18H3,(H2-,70,71,72,73,74);/q-1;+2/p-1. The van der Waals surface area contributed by atoms with Crippen LogP contribution in [0.1, 0.15) is 192 Å². The maximum Gasteiger partial charge on any atom is 2.00 e. The van der Waals surface area contributed by atoms with Gasteiger partial charge in [0.25, 0.3) is 0 Å². The number of aliphatic imine (C=N–C) groups is 1. The number of nitrogens with zero attached hydrogens (tertiary/aromatic N) is 3. The van der Waals surface area contributed by atoms with E-state index in [2.05, 4.69) is 261 Å². The fourth-order valence-electron chi connectivity index (χ4n) is 9.92. The van der Waals surface area contributed by atoms with E-state index in [1.807, 2.05) is 0 Å². The first-order valence-corrected chi connectivity index (χ1v) is 27.1. The van der Waals surface area contributed by atoms with Crippen LogP contribution >= 0.6 is 15.9 Å². The molecule has 75 heavy (non-hydrogen) atoms. The Morgan fingerprint density at radius 3 is 1.25 bits per heavy atom. The number of allylic oxidation sites excluding steroid dienone is 5. The number of nitrogens with one attached hydrogen (secondary N) is 1. The van der Waals surface area contributed by atoms with Crippen molar-refractivity contribution in [2.24, 2.45) is 4.99 Å². The molecule has 0 saturated carbocycles. The van der Waals surface area contributed by atoms with Crippen molar-refractivity contribution in [2.75, 3.05) is 0 Å². The van der Waals surface area contributed by atoms with Crippen molar-refractivity contribution in [3.8, 4) is 0 Å². The van der Waals surface area contributed by atoms with Crippen molar-refractivity contribution >= 4 is 49.7 Å². The molecule has 5 heterocycles. The molecule has 0 saturated heterocycles. The summed E-state index contributed by atoms with van der Waals surface area (Å²) in [6.45, 7) is 40.7. The predicted molar refractivity (Wildman–Crippen MR) is 316 cm³/mol. The number of benzene rings is 4. The van der Waals surface area contributed by atoms with Crippen LogP contribution in [-0.2, 0) is 54.4 Å². The van der Waals surface area contributed by atoms with Gasteiger partial charge in [0.1, 0.15) is 0 Å². The van der Waals surface area contributed by atoms with Crippen molar-refractivity contribution in [1.82, 2.24) is 9.97 Å². The molecule has 1 radical (unpaired) electrons. The van der Waals surface area contributed by atoms with Gasteiger partial charge in [0.2, 0.25) is 0 Å². The van der Waals surface area contributed by atoms with Crippen molar-refractivity contribution < 1.29 is 21.9 Å². The largest absolute Gasteiger partial charge is 2.00 e. The molecule has 1 N–H and O–H groups in total. The van der Waals surface area contributed by atoms with Crippen LogP contribution in [0.5, 0.6) is 0 Å². The third kappa shape index (κ3) is 11.3. The van der Waals surface area contributed by atoms with Crippen molar-refractivity contribution in [3.63, 3.8) is 0 Å². The number of aromatic nitrogens is 2. The number of carbonyl (C=O) groups excluding carboxylic acids is 1. The second kappa shape index (κ2) is 19.4. The van der Waals surface area contributed by atoms with Crippen LogP contribution in [0.15, 0.2) is 148 Å². The normalized spacial score (nSPS) is 15.6. The molecule has 0 amide bonds. The second-order valence-electron chi connectivity index (χ2n) is 27.0. The summed E-state index contributed by atoms with van der Waals surface area (Å²) < 4.78 is 0.993. The molecule has 6 aromatic rings. The minimum absolute atomic E-state index is 0. The van der Waals surface area contributed by atoms with Crippen molar-refractivity contribution in [1.29, 1.82) is 0 Å². The molecular formula is C68H75BrCuN4O. The molecule has 2 aromatic heterocycles. The third-order valence-corrected chi connectivity index (χ3v) is 15.3. The van der Waals surface area contributed by atoms with Gasteiger partial charge in [0.15, 0.2) is 5.78 Å². The molecule has 0 fully saturated rings. The van der Waals surface area contributed by atoms with E-state index in [9.17, 15) is 0 Å². The van der Waals surface area contributed by atoms with Gasteiger partial charge in [-0.1, -0.05) is 225 Å². The zero-order valence-electron chi connectivity index (χ0n) is 47.5. The number of halogens is 1. The van der Waals surface area contributed by atoms with E-state index in [4.69, 9.17) is 15.3 Å². The summed E-state index contributed by atoms with van der Waals surface area (Å²) in [5.74, 6) is -0.157. The second-order valence-corrected chi connectivity index (χ2v) is 27.9. The summed E-state index contributed by atoms with van der Waals surface area (Å²) in [5, 5.41) is 7.31. The summed E-state index contributed by atoms with van der Waals surface area (Å²) in [6, 6.07) is 37.8. The smallest absolute Gasteiger partial charge is 0.657 e. The number of ketones is 1. The Labute approximate surface area is 466 Å². The van der Waals surface area contributed by atoms with Crippen LogP contribution in [0, 0.1) is 0 Å². The van der Waals surface area contributed by atoms with Gasteiger partial charge in [0, 0.05) is 15.2 Å². The van der Waals surface area contributed by atoms with E-state index < -0.39 is 0 Å². The van der Waals surface area contributed by atoms with Crippen LogP contribution in [0.3, 0.4) is 0 Å². The van der Waals surface area contributed by atoms with Gasteiger partial charge in [0.05, 0.1) is 11.4 Å². The number of H-pyrrole nitrogens is 1. The van der Waals surface area contributed by atoms with Gasteiger partial charge in [-0.25, -0.2) is 4.99 Å². The van der Waals surface area contributed by atoms with Crippen molar-refractivity contribution in [3.05, 3.63) is 226 Å². The maximum absolute atomic E-state index is 15.4. The summed E-state index contributed by atoms with van der Waals surface area (Å²) >= 11 is 3.71. The summed E-state index contributed by atoms with van der Waals surface area (Å²) in [7, 11) is 0. The van der Waals surface area contributed by atoms with Gasteiger partial charge < -0.3 is 15.3 Å². The Bertz CT molecular complexity index is 3480. The average molecular weight is 1110 g/mol. The Kier molecular flexibility index (Phi) is 14.3. The van der Waals surface area contributed by atoms with Crippen molar-refractivity contribution in [2.45, 2.75) is 157 Å². The molecule has 3 aliphatic rings. The molecule has 0 atom stereocenters. The van der Waals surface area contributed by atoms with E-state index in [0.29, 0.717) is 22.7 Å². The van der Waals surface area contributed by atoms with Crippen LogP contribution in [0.25, 0.3) is 27.6 Å². The van der Waals surface area contributed by atoms with E-state index >= 15 is 4.79 Å². The zero-order chi connectivity index (χ0) is 53.8. The molecule has 4 aromatic carbocycles. The van der Waals surface area contributed by atoms with Gasteiger partial charge in [-0.3, -0.25) is 4.79 Å². The summed E-state index contributed by atoms with van der Waals surface area (Å²) in [4.78, 5) is 30.6. The Morgan fingerprint density at radius 1 is 0.440 bits per heavy atom. The van der Waals surface area contributed by atoms with Crippen LogP contribution in [0.4, 0.5) is 0 Å². The molecule has 0 spiro atoms. The van der Waals surface area contributed by atoms with Crippen LogP contribution in [-0.4, -0.2) is 16.5 Å². The first-order valence-electron chi connectivity index (χ1n) is 26.3. The number of hydrogen-bond acceptors (Lipinski definition) is 2. The van der Waals surface area contributed by atoms with Gasteiger partial charge in [-0.05, 0) is 153 Å². The minimum atomic E-state index is -0.184. The fraction of sp³-hybridized carbons (Fsp3) is 0.353. The van der Waals surface area contributed by atoms with E-state index in [0.717, 1.165) is 71.2 Å². The number of fused-ring (bicyclic) bond motifs is 7. The van der Waals surface area contributed by atoms with E-state index in [1.54, 1.807) is 6.08 Å². The van der Waals surface area contributed by atoms with Crippen LogP contribution in [0.2, 0.25) is 0 Å². The van der Waals surface area contributed by atoms with Crippen LogP contribution < -0.4 is 15.7 Å². The number of carbonyl (C=O) groups is 1. The molecular weight excluding hydrogens is 1030 g/mol. The molecule has 3 aliphatic heterocycles. The first-order chi connectivity index (χ1) is 34.2. The SMILES string of the molecule is CC(C)(C)c1cc(C2=C3[N-]C(=CC3=O)C(c3cc(C(C)(C)C)cc(C(C)(C)C)c3)=c3ccc([nH]3)=C(c3ccc(Br)cc3)c3ccc([n-]3)C(c3cc(C(C)(C)C)cc(C(C)(C)C)c3)=C3C=CC2=N3)cc(C(C)(C)C)c1.[Cu+2]. The molecule has 0 aliphatic carbocycles. The molecule has 5 nitrogen and oxygen atoms in total.